The molecule has 4 heteroatoms. The number of ketones is 1. The van der Waals surface area contributed by atoms with E-state index in [9.17, 15) is 9.90 Å². The Morgan fingerprint density at radius 3 is 2.29 bits per heavy atom. The molecular formula is C10H18CuO3. The Balaban J connectivity index is 0. The molecule has 0 spiro atoms. The van der Waals surface area contributed by atoms with Crippen molar-refractivity contribution in [1.82, 2.24) is 0 Å². The smallest absolute Gasteiger partial charge is 0.158 e. The summed E-state index contributed by atoms with van der Waals surface area (Å²) in [5, 5.41) is 9.38. The van der Waals surface area contributed by atoms with Gasteiger partial charge in [-0.05, 0) is 20.8 Å². The van der Waals surface area contributed by atoms with E-state index < -0.39 is 6.10 Å². The minimum absolute atomic E-state index is 0. The largest absolute Gasteiger partial charge is 0.509 e. The third-order valence-corrected chi connectivity index (χ3v) is 1.55. The van der Waals surface area contributed by atoms with Gasteiger partial charge in [0.2, 0.25) is 0 Å². The maximum Gasteiger partial charge on any atom is 0.158 e. The monoisotopic (exact) mass is 249 g/mol. The minimum atomic E-state index is -0.407. The first-order chi connectivity index (χ1) is 5.97. The van der Waals surface area contributed by atoms with Crippen molar-refractivity contribution >= 4 is 5.78 Å². The van der Waals surface area contributed by atoms with Crippen molar-refractivity contribution < 1.29 is 31.7 Å². The molecule has 0 aromatic carbocycles. The first-order valence-electron chi connectivity index (χ1n) is 4.56. The minimum Gasteiger partial charge on any atom is -0.509 e. The summed E-state index contributed by atoms with van der Waals surface area (Å²) in [6, 6.07) is 0. The number of hydrogen-bond donors (Lipinski definition) is 1. The fourth-order valence-electron chi connectivity index (χ4n) is 0.862. The SMILES string of the molecule is CCC(=O)/C=C(\O)C(C)OC(C)C.[Cu]. The number of rotatable bonds is 5. The molecule has 0 saturated heterocycles. The molecule has 1 atom stereocenters. The number of carbonyl (C=O) groups excluding carboxylic acids is 1. The molecule has 0 saturated carbocycles. The van der Waals surface area contributed by atoms with Gasteiger partial charge in [0.25, 0.3) is 0 Å². The van der Waals surface area contributed by atoms with Gasteiger partial charge in [-0.2, -0.15) is 0 Å². The van der Waals surface area contributed by atoms with Crippen molar-refractivity contribution in [2.24, 2.45) is 0 Å². The van der Waals surface area contributed by atoms with Crippen LogP contribution in [0.15, 0.2) is 11.8 Å². The van der Waals surface area contributed by atoms with Gasteiger partial charge in [-0.15, -0.1) is 0 Å². The van der Waals surface area contributed by atoms with Crippen molar-refractivity contribution in [1.29, 1.82) is 0 Å². The zero-order valence-corrected chi connectivity index (χ0v) is 9.95. The quantitative estimate of drug-likeness (QED) is 0.462. The van der Waals surface area contributed by atoms with Crippen molar-refractivity contribution in [3.63, 3.8) is 0 Å². The molecule has 0 fully saturated rings. The van der Waals surface area contributed by atoms with E-state index in [4.69, 9.17) is 4.74 Å². The van der Waals surface area contributed by atoms with Crippen LogP contribution in [0.2, 0.25) is 0 Å². The zero-order valence-electron chi connectivity index (χ0n) is 9.00. The van der Waals surface area contributed by atoms with Gasteiger partial charge < -0.3 is 9.84 Å². The second-order valence-corrected chi connectivity index (χ2v) is 3.22. The summed E-state index contributed by atoms with van der Waals surface area (Å²) in [6.45, 7) is 7.23. The maximum absolute atomic E-state index is 10.9. The number of aliphatic hydroxyl groups is 1. The van der Waals surface area contributed by atoms with Gasteiger partial charge in [0, 0.05) is 29.6 Å². The zero-order chi connectivity index (χ0) is 10.4. The fourth-order valence-corrected chi connectivity index (χ4v) is 0.862. The average Bonchev–Trinajstić information content (AvgIpc) is 2.02. The summed E-state index contributed by atoms with van der Waals surface area (Å²) in [4.78, 5) is 10.9. The van der Waals surface area contributed by atoms with Crippen LogP contribution in [0.1, 0.15) is 34.1 Å². The Morgan fingerprint density at radius 1 is 1.43 bits per heavy atom. The molecule has 3 nitrogen and oxygen atoms in total. The third kappa shape index (κ3) is 7.13. The van der Waals surface area contributed by atoms with Crippen LogP contribution >= 0.6 is 0 Å². The number of aliphatic hydroxyl groups excluding tert-OH is 1. The summed E-state index contributed by atoms with van der Waals surface area (Å²) in [5.74, 6) is -0.0859. The van der Waals surface area contributed by atoms with E-state index in [0.29, 0.717) is 6.42 Å². The van der Waals surface area contributed by atoms with E-state index >= 15 is 0 Å². The molecule has 0 aliphatic heterocycles. The van der Waals surface area contributed by atoms with Gasteiger partial charge in [0.15, 0.2) is 5.78 Å². The van der Waals surface area contributed by atoms with Crippen molar-refractivity contribution in [3.05, 3.63) is 11.8 Å². The number of ether oxygens (including phenoxy) is 1. The predicted octanol–water partition coefficient (Wildman–Crippen LogP) is 2.22. The van der Waals surface area contributed by atoms with Crippen LogP contribution in [0, 0.1) is 0 Å². The van der Waals surface area contributed by atoms with Gasteiger partial charge in [0.1, 0.15) is 11.9 Å². The maximum atomic E-state index is 10.9. The summed E-state index contributed by atoms with van der Waals surface area (Å²) in [7, 11) is 0. The van der Waals surface area contributed by atoms with Crippen LogP contribution in [-0.4, -0.2) is 23.1 Å². The predicted molar refractivity (Wildman–Crippen MR) is 51.7 cm³/mol. The molecule has 0 amide bonds. The third-order valence-electron chi connectivity index (χ3n) is 1.55. The van der Waals surface area contributed by atoms with Crippen LogP contribution < -0.4 is 0 Å². The second-order valence-electron chi connectivity index (χ2n) is 3.22. The second kappa shape index (κ2) is 8.04. The van der Waals surface area contributed by atoms with Crippen LogP contribution in [-0.2, 0) is 26.6 Å². The Labute approximate surface area is 96.0 Å². The molecule has 1 radical (unpaired) electrons. The average molecular weight is 250 g/mol. The van der Waals surface area contributed by atoms with Gasteiger partial charge >= 0.3 is 0 Å². The fraction of sp³-hybridized carbons (Fsp3) is 0.700. The molecule has 14 heavy (non-hydrogen) atoms. The molecule has 0 aromatic heterocycles. The Morgan fingerprint density at radius 2 is 1.93 bits per heavy atom. The summed E-state index contributed by atoms with van der Waals surface area (Å²) in [6.07, 6.45) is 1.27. The molecule has 0 aromatic rings. The number of allylic oxidation sites excluding steroid dienone is 1. The summed E-state index contributed by atoms with van der Waals surface area (Å²) < 4.78 is 5.29. The Kier molecular flexibility index (Phi) is 9.26. The standard InChI is InChI=1S/C10H18O3.Cu/c1-5-9(11)6-10(12)8(4)13-7(2)3;/h6-8,12H,5H2,1-4H3;/b10-6-;. The first-order valence-corrected chi connectivity index (χ1v) is 4.56. The Hall–Kier alpha value is -0.311. The molecule has 0 bridgehead atoms. The normalized spacial score (nSPS) is 13.6. The molecule has 0 aliphatic rings. The molecular weight excluding hydrogens is 232 g/mol. The summed E-state index contributed by atoms with van der Waals surface area (Å²) >= 11 is 0. The van der Waals surface area contributed by atoms with Crippen LogP contribution in [0.5, 0.6) is 0 Å². The van der Waals surface area contributed by atoms with Gasteiger partial charge in [-0.1, -0.05) is 6.92 Å². The molecule has 1 unspecified atom stereocenters. The van der Waals surface area contributed by atoms with Crippen LogP contribution in [0.4, 0.5) is 0 Å². The van der Waals surface area contributed by atoms with E-state index in [2.05, 4.69) is 0 Å². The van der Waals surface area contributed by atoms with E-state index in [1.165, 1.54) is 6.08 Å². The first kappa shape index (κ1) is 16.1. The van der Waals surface area contributed by atoms with E-state index in [-0.39, 0.29) is 34.7 Å². The van der Waals surface area contributed by atoms with Crippen molar-refractivity contribution in [2.45, 2.75) is 46.3 Å². The number of hydrogen-bond acceptors (Lipinski definition) is 3. The van der Waals surface area contributed by atoms with Crippen LogP contribution in [0.25, 0.3) is 0 Å². The van der Waals surface area contributed by atoms with Gasteiger partial charge in [-0.3, -0.25) is 4.79 Å². The van der Waals surface area contributed by atoms with E-state index in [1.54, 1.807) is 13.8 Å². The Bertz CT molecular complexity index is 200. The molecule has 87 valence electrons. The van der Waals surface area contributed by atoms with Crippen LogP contribution in [0.3, 0.4) is 0 Å². The van der Waals surface area contributed by atoms with Crippen molar-refractivity contribution in [3.8, 4) is 0 Å². The van der Waals surface area contributed by atoms with Gasteiger partial charge in [-0.25, -0.2) is 0 Å². The van der Waals surface area contributed by atoms with E-state index in [1.807, 2.05) is 13.8 Å². The molecule has 1 N–H and O–H groups in total. The number of carbonyl (C=O) groups is 1. The molecule has 0 heterocycles. The van der Waals surface area contributed by atoms with Crippen molar-refractivity contribution in [2.75, 3.05) is 0 Å². The molecule has 0 rings (SSSR count). The van der Waals surface area contributed by atoms with Gasteiger partial charge in [0.05, 0.1) is 6.10 Å². The topological polar surface area (TPSA) is 46.5 Å². The van der Waals surface area contributed by atoms with E-state index in [0.717, 1.165) is 0 Å². The molecule has 0 aliphatic carbocycles. The summed E-state index contributed by atoms with van der Waals surface area (Å²) in [5.41, 5.74) is 0.